The number of rotatable bonds is 6. The van der Waals surface area contributed by atoms with E-state index in [0.29, 0.717) is 12.8 Å². The maximum absolute atomic E-state index is 12.4. The van der Waals surface area contributed by atoms with Crippen molar-refractivity contribution in [2.75, 3.05) is 13.6 Å². The second-order valence-electron chi connectivity index (χ2n) is 6.33. The Hall–Kier alpha value is -1.59. The lowest BCUT2D eigenvalue weighted by Gasteiger charge is -2.23. The molecule has 0 aromatic carbocycles. The highest BCUT2D eigenvalue weighted by atomic mass is 16.4. The molecule has 2 N–H and O–H groups in total. The second-order valence-corrected chi connectivity index (χ2v) is 6.33. The van der Waals surface area contributed by atoms with E-state index in [0.717, 1.165) is 19.3 Å². The van der Waals surface area contributed by atoms with Crippen molar-refractivity contribution in [3.8, 4) is 0 Å². The molecule has 0 saturated heterocycles. The van der Waals surface area contributed by atoms with Crippen LogP contribution in [0.15, 0.2) is 0 Å². The van der Waals surface area contributed by atoms with Gasteiger partial charge in [0.1, 0.15) is 0 Å². The van der Waals surface area contributed by atoms with Gasteiger partial charge in [-0.15, -0.1) is 0 Å². The lowest BCUT2D eigenvalue weighted by Crippen LogP contribution is -2.43. The molecule has 6 heteroatoms. The minimum Gasteiger partial charge on any atom is -0.481 e. The summed E-state index contributed by atoms with van der Waals surface area (Å²) < 4.78 is 0. The molecular weight excluding hydrogens is 272 g/mol. The van der Waals surface area contributed by atoms with Crippen molar-refractivity contribution in [3.63, 3.8) is 0 Å². The highest BCUT2D eigenvalue weighted by Crippen LogP contribution is 2.39. The number of carbonyl (C=O) groups is 3. The molecule has 0 aromatic heterocycles. The molecule has 3 atom stereocenters. The van der Waals surface area contributed by atoms with Crippen LogP contribution in [0.5, 0.6) is 0 Å². The van der Waals surface area contributed by atoms with Gasteiger partial charge in [0.15, 0.2) is 0 Å². The minimum absolute atomic E-state index is 0.00889. The van der Waals surface area contributed by atoms with E-state index < -0.39 is 17.8 Å². The van der Waals surface area contributed by atoms with Crippen LogP contribution in [0.3, 0.4) is 0 Å². The van der Waals surface area contributed by atoms with E-state index >= 15 is 0 Å². The summed E-state index contributed by atoms with van der Waals surface area (Å²) in [4.78, 5) is 36.9. The zero-order chi connectivity index (χ0) is 15.6. The maximum Gasteiger partial charge on any atom is 0.307 e. The van der Waals surface area contributed by atoms with Gasteiger partial charge in [0.25, 0.3) is 0 Å². The van der Waals surface area contributed by atoms with Gasteiger partial charge in [-0.3, -0.25) is 14.4 Å². The van der Waals surface area contributed by atoms with E-state index in [9.17, 15) is 19.5 Å². The zero-order valence-corrected chi connectivity index (χ0v) is 12.7. The first-order chi connectivity index (χ1) is 9.92. The number of carbonyl (C=O) groups excluding carboxylic acids is 2. The Kier molecular flexibility index (Phi) is 4.85. The number of likely N-dealkylation sites (N-methyl/N-ethyl adjacent to an activating group) is 1. The molecule has 2 amide bonds. The third-order valence-corrected chi connectivity index (χ3v) is 4.57. The van der Waals surface area contributed by atoms with Crippen LogP contribution in [-0.2, 0) is 14.4 Å². The zero-order valence-electron chi connectivity index (χ0n) is 12.7. The van der Waals surface area contributed by atoms with Gasteiger partial charge in [0.05, 0.1) is 18.4 Å². The Morgan fingerprint density at radius 3 is 2.33 bits per heavy atom. The Labute approximate surface area is 124 Å². The molecule has 0 radical (unpaired) electrons. The predicted molar refractivity (Wildman–Crippen MR) is 76.4 cm³/mol. The summed E-state index contributed by atoms with van der Waals surface area (Å²) in [5, 5.41) is 12.1. The Morgan fingerprint density at radius 1 is 1.19 bits per heavy atom. The fraction of sp³-hybridized carbons (Fsp3) is 0.800. The Bertz CT molecular complexity index is 433. The van der Waals surface area contributed by atoms with Crippen LogP contribution >= 0.6 is 0 Å². The van der Waals surface area contributed by atoms with E-state index in [1.165, 1.54) is 4.90 Å². The van der Waals surface area contributed by atoms with Crippen molar-refractivity contribution in [1.82, 2.24) is 10.2 Å². The molecule has 3 unspecified atom stereocenters. The first-order valence-electron chi connectivity index (χ1n) is 7.69. The molecule has 0 spiro atoms. The number of aliphatic carboxylic acids is 1. The molecule has 118 valence electrons. The lowest BCUT2D eigenvalue weighted by atomic mass is 9.95. The molecule has 0 bridgehead atoms. The van der Waals surface area contributed by atoms with Crippen LogP contribution in [0.2, 0.25) is 0 Å². The molecular formula is C15H24N2O4. The van der Waals surface area contributed by atoms with Crippen LogP contribution in [-0.4, -0.2) is 47.4 Å². The van der Waals surface area contributed by atoms with Gasteiger partial charge in [-0.05, 0) is 31.6 Å². The normalized spacial score (nSPS) is 28.2. The van der Waals surface area contributed by atoms with Gasteiger partial charge in [-0.2, -0.15) is 0 Å². The lowest BCUT2D eigenvalue weighted by molar-refractivity contribution is -0.149. The summed E-state index contributed by atoms with van der Waals surface area (Å²) in [5.41, 5.74) is 0. The highest BCUT2D eigenvalue weighted by Gasteiger charge is 2.43. The van der Waals surface area contributed by atoms with Gasteiger partial charge in [-0.1, -0.05) is 13.3 Å². The molecule has 0 heterocycles. The van der Waals surface area contributed by atoms with E-state index in [4.69, 9.17) is 0 Å². The summed E-state index contributed by atoms with van der Waals surface area (Å²) in [6, 6.07) is 0.267. The van der Waals surface area contributed by atoms with Gasteiger partial charge < -0.3 is 15.3 Å². The van der Waals surface area contributed by atoms with Gasteiger partial charge in [0, 0.05) is 13.1 Å². The summed E-state index contributed by atoms with van der Waals surface area (Å²) in [7, 11) is 1.58. The van der Waals surface area contributed by atoms with Crippen molar-refractivity contribution in [1.29, 1.82) is 0 Å². The van der Waals surface area contributed by atoms with Crippen LogP contribution in [0, 0.1) is 17.8 Å². The van der Waals surface area contributed by atoms with Crippen molar-refractivity contribution < 1.29 is 19.5 Å². The van der Waals surface area contributed by atoms with Crippen molar-refractivity contribution in [3.05, 3.63) is 0 Å². The number of nitrogens with one attached hydrogen (secondary N) is 1. The Balaban J connectivity index is 1.92. The molecule has 0 aliphatic heterocycles. The topological polar surface area (TPSA) is 86.7 Å². The monoisotopic (exact) mass is 296 g/mol. The van der Waals surface area contributed by atoms with E-state index in [2.05, 4.69) is 5.32 Å². The minimum atomic E-state index is -0.903. The van der Waals surface area contributed by atoms with Crippen molar-refractivity contribution in [2.24, 2.45) is 17.8 Å². The number of nitrogens with zero attached hydrogens (tertiary/aromatic N) is 1. The van der Waals surface area contributed by atoms with E-state index in [1.807, 2.05) is 6.92 Å². The van der Waals surface area contributed by atoms with Crippen molar-refractivity contribution >= 4 is 17.8 Å². The standard InChI is InChI=1S/C15H24N2O4/c1-3-9-6-11(12(7-9)15(20)21)14(19)17(2)8-13(18)16-10-4-5-10/h9-12H,3-8H2,1-2H3,(H,16,18)(H,20,21). The maximum atomic E-state index is 12.4. The molecule has 6 nitrogen and oxygen atoms in total. The number of amides is 2. The average molecular weight is 296 g/mol. The molecule has 2 fully saturated rings. The second kappa shape index (κ2) is 6.45. The van der Waals surface area contributed by atoms with Crippen LogP contribution in [0.4, 0.5) is 0 Å². The van der Waals surface area contributed by atoms with E-state index in [1.54, 1.807) is 7.05 Å². The van der Waals surface area contributed by atoms with Crippen LogP contribution in [0.25, 0.3) is 0 Å². The first-order valence-corrected chi connectivity index (χ1v) is 7.69. The molecule has 2 aliphatic rings. The number of carboxylic acid groups (broad SMARTS) is 1. The highest BCUT2D eigenvalue weighted by molar-refractivity contribution is 5.89. The fourth-order valence-electron chi connectivity index (χ4n) is 3.10. The van der Waals surface area contributed by atoms with Gasteiger partial charge in [0.2, 0.25) is 11.8 Å². The third-order valence-electron chi connectivity index (χ3n) is 4.57. The molecule has 2 saturated carbocycles. The summed E-state index contributed by atoms with van der Waals surface area (Å²) >= 11 is 0. The number of hydrogen-bond acceptors (Lipinski definition) is 3. The Morgan fingerprint density at radius 2 is 1.81 bits per heavy atom. The molecule has 0 aromatic rings. The van der Waals surface area contributed by atoms with Gasteiger partial charge >= 0.3 is 5.97 Å². The first kappa shape index (κ1) is 15.8. The summed E-state index contributed by atoms with van der Waals surface area (Å²) in [6.45, 7) is 2.03. The van der Waals surface area contributed by atoms with Crippen molar-refractivity contribution in [2.45, 2.75) is 45.1 Å². The van der Waals surface area contributed by atoms with E-state index in [-0.39, 0.29) is 30.3 Å². The molecule has 2 rings (SSSR count). The summed E-state index contributed by atoms with van der Waals surface area (Å²) in [6.07, 6.45) is 4.07. The average Bonchev–Trinajstić information content (AvgIpc) is 3.12. The molecule has 21 heavy (non-hydrogen) atoms. The predicted octanol–water partition coefficient (Wildman–Crippen LogP) is 0.860. The third kappa shape index (κ3) is 3.95. The molecule has 2 aliphatic carbocycles. The smallest absolute Gasteiger partial charge is 0.307 e. The van der Waals surface area contributed by atoms with Crippen LogP contribution in [0.1, 0.15) is 39.0 Å². The fourth-order valence-corrected chi connectivity index (χ4v) is 3.10. The van der Waals surface area contributed by atoms with Crippen LogP contribution < -0.4 is 5.32 Å². The van der Waals surface area contributed by atoms with Gasteiger partial charge in [-0.25, -0.2) is 0 Å². The number of carboxylic acids is 1. The summed E-state index contributed by atoms with van der Waals surface area (Å²) in [5.74, 6) is -2.11. The SMILES string of the molecule is CCC1CC(C(=O)O)C(C(=O)N(C)CC(=O)NC2CC2)C1. The number of hydrogen-bond donors (Lipinski definition) is 2. The quantitative estimate of drug-likeness (QED) is 0.761. The largest absolute Gasteiger partial charge is 0.481 e.